The molecule has 2 fully saturated rings. The number of halogens is 1. The summed E-state index contributed by atoms with van der Waals surface area (Å²) in [5, 5.41) is 11.5. The molecule has 1 amide bonds. The van der Waals surface area contributed by atoms with E-state index in [1.165, 1.54) is 23.0 Å². The lowest BCUT2D eigenvalue weighted by Crippen LogP contribution is -2.58. The summed E-state index contributed by atoms with van der Waals surface area (Å²) in [5.41, 5.74) is -1.52. The SMILES string of the molecule is CC(C)(C)OC(=O)N1CC2CCC(C1)C2(O)Cn1cnc(-c2ccccc2F)cc1=O. The zero-order chi connectivity index (χ0) is 22.4. The van der Waals surface area contributed by atoms with E-state index < -0.39 is 17.0 Å². The highest BCUT2D eigenvalue weighted by Crippen LogP contribution is 2.46. The third-order valence-electron chi connectivity index (χ3n) is 6.26. The van der Waals surface area contributed by atoms with Gasteiger partial charge in [-0.2, -0.15) is 0 Å². The Morgan fingerprint density at radius 3 is 2.48 bits per heavy atom. The van der Waals surface area contributed by atoms with E-state index in [-0.39, 0.29) is 41.3 Å². The lowest BCUT2D eigenvalue weighted by Gasteiger charge is -2.44. The number of aromatic nitrogens is 2. The molecule has 0 radical (unpaired) electrons. The number of aliphatic hydroxyl groups is 1. The molecule has 8 heteroatoms. The maximum absolute atomic E-state index is 14.0. The smallest absolute Gasteiger partial charge is 0.410 e. The zero-order valence-corrected chi connectivity index (χ0v) is 18.0. The van der Waals surface area contributed by atoms with Gasteiger partial charge in [0.15, 0.2) is 0 Å². The Morgan fingerprint density at radius 1 is 1.26 bits per heavy atom. The molecule has 31 heavy (non-hydrogen) atoms. The molecule has 1 saturated heterocycles. The second-order valence-corrected chi connectivity index (χ2v) is 9.57. The van der Waals surface area contributed by atoms with Crippen LogP contribution in [0.3, 0.4) is 0 Å². The lowest BCUT2D eigenvalue weighted by molar-refractivity contribution is -0.0951. The standard InChI is InChI=1S/C23H28FN3O4/c1-22(2,3)31-21(29)26-11-15-8-9-16(12-26)23(15,30)13-27-14-25-19(10-20(27)28)17-6-4-5-7-18(17)24/h4-7,10,14-16,30H,8-9,11-13H2,1-3H3. The molecule has 0 spiro atoms. The van der Waals surface area contributed by atoms with Crippen molar-refractivity contribution in [3.8, 4) is 11.3 Å². The molecule has 2 aliphatic rings. The van der Waals surface area contributed by atoms with Gasteiger partial charge in [0.05, 0.1) is 24.2 Å². The number of carbonyl (C=O) groups is 1. The van der Waals surface area contributed by atoms with Crippen molar-refractivity contribution in [2.75, 3.05) is 13.1 Å². The molecule has 1 aliphatic carbocycles. The van der Waals surface area contributed by atoms with Crippen molar-refractivity contribution in [2.45, 2.75) is 51.4 Å². The molecule has 4 rings (SSSR count). The van der Waals surface area contributed by atoms with Gasteiger partial charge in [-0.05, 0) is 45.7 Å². The average molecular weight is 429 g/mol. The minimum atomic E-state index is -1.11. The predicted octanol–water partition coefficient (Wildman–Crippen LogP) is 3.06. The Hall–Kier alpha value is -2.74. The number of rotatable bonds is 3. The monoisotopic (exact) mass is 429 g/mol. The van der Waals surface area contributed by atoms with Gasteiger partial charge in [-0.25, -0.2) is 14.2 Å². The number of fused-ring (bicyclic) bond motifs is 2. The molecule has 1 aromatic heterocycles. The molecule has 1 aromatic carbocycles. The third kappa shape index (κ3) is 4.21. The Bertz CT molecular complexity index is 1030. The first-order chi connectivity index (χ1) is 14.6. The largest absolute Gasteiger partial charge is 0.444 e. The summed E-state index contributed by atoms with van der Waals surface area (Å²) in [6, 6.07) is 7.45. The second-order valence-electron chi connectivity index (χ2n) is 9.57. The summed E-state index contributed by atoms with van der Waals surface area (Å²) in [6.07, 6.45) is 2.53. The van der Waals surface area contributed by atoms with Crippen LogP contribution in [0.15, 0.2) is 41.5 Å². The van der Waals surface area contributed by atoms with Crippen LogP contribution in [0.25, 0.3) is 11.3 Å². The Labute approximate surface area is 180 Å². The van der Waals surface area contributed by atoms with Crippen LogP contribution in [0.5, 0.6) is 0 Å². The van der Waals surface area contributed by atoms with Gasteiger partial charge >= 0.3 is 6.09 Å². The predicted molar refractivity (Wildman–Crippen MR) is 113 cm³/mol. The molecule has 166 valence electrons. The number of nitrogens with zero attached hydrogens (tertiary/aromatic N) is 3. The number of carbonyl (C=O) groups excluding carboxylic acids is 1. The van der Waals surface area contributed by atoms with Crippen LogP contribution >= 0.6 is 0 Å². The number of amides is 1. The van der Waals surface area contributed by atoms with E-state index in [1.807, 2.05) is 20.8 Å². The van der Waals surface area contributed by atoms with Crippen molar-refractivity contribution in [2.24, 2.45) is 11.8 Å². The highest BCUT2D eigenvalue weighted by molar-refractivity contribution is 5.68. The minimum absolute atomic E-state index is 0.0911. The second kappa shape index (κ2) is 7.75. The third-order valence-corrected chi connectivity index (χ3v) is 6.26. The number of ether oxygens (including phenoxy) is 1. The molecule has 7 nitrogen and oxygen atoms in total. The summed E-state index contributed by atoms with van der Waals surface area (Å²) in [7, 11) is 0. The zero-order valence-electron chi connectivity index (χ0n) is 18.0. The van der Waals surface area contributed by atoms with Crippen molar-refractivity contribution in [3.05, 3.63) is 52.8 Å². The van der Waals surface area contributed by atoms with Gasteiger partial charge in [-0.1, -0.05) is 12.1 Å². The fraction of sp³-hybridized carbons (Fsp3) is 0.522. The van der Waals surface area contributed by atoms with Gasteiger partial charge in [0, 0.05) is 36.6 Å². The minimum Gasteiger partial charge on any atom is -0.444 e. The summed E-state index contributed by atoms with van der Waals surface area (Å²) >= 11 is 0. The Morgan fingerprint density at radius 2 is 1.90 bits per heavy atom. The average Bonchev–Trinajstić information content (AvgIpc) is 2.86. The molecular formula is C23H28FN3O4. The van der Waals surface area contributed by atoms with Crippen LogP contribution in [0, 0.1) is 17.7 Å². The molecule has 2 heterocycles. The van der Waals surface area contributed by atoms with Crippen molar-refractivity contribution in [3.63, 3.8) is 0 Å². The highest BCUT2D eigenvalue weighted by atomic mass is 19.1. The molecule has 2 bridgehead atoms. The van der Waals surface area contributed by atoms with E-state index in [2.05, 4.69) is 4.98 Å². The van der Waals surface area contributed by atoms with Crippen molar-refractivity contribution < 1.29 is 19.0 Å². The summed E-state index contributed by atoms with van der Waals surface area (Å²) in [6.45, 7) is 6.33. The molecule has 1 saturated carbocycles. The van der Waals surface area contributed by atoms with Crippen LogP contribution in [-0.2, 0) is 11.3 Å². The summed E-state index contributed by atoms with van der Waals surface area (Å²) in [5.74, 6) is -0.757. The van der Waals surface area contributed by atoms with Crippen LogP contribution < -0.4 is 5.56 Å². The van der Waals surface area contributed by atoms with E-state index in [1.54, 1.807) is 23.1 Å². The topological polar surface area (TPSA) is 84.7 Å². The Kier molecular flexibility index (Phi) is 5.37. The van der Waals surface area contributed by atoms with E-state index in [0.29, 0.717) is 13.1 Å². The molecular weight excluding hydrogens is 401 g/mol. The van der Waals surface area contributed by atoms with E-state index in [9.17, 15) is 19.1 Å². The van der Waals surface area contributed by atoms with Gasteiger partial charge < -0.3 is 14.7 Å². The maximum Gasteiger partial charge on any atom is 0.410 e. The molecule has 2 atom stereocenters. The van der Waals surface area contributed by atoms with Crippen LogP contribution in [0.2, 0.25) is 0 Å². The van der Waals surface area contributed by atoms with Gasteiger partial charge in [0.25, 0.3) is 5.56 Å². The van der Waals surface area contributed by atoms with Crippen LogP contribution in [0.4, 0.5) is 9.18 Å². The molecule has 1 aliphatic heterocycles. The number of hydrogen-bond acceptors (Lipinski definition) is 5. The van der Waals surface area contributed by atoms with E-state index >= 15 is 0 Å². The number of hydrogen-bond donors (Lipinski definition) is 1. The normalized spacial score (nSPS) is 25.5. The quantitative estimate of drug-likeness (QED) is 0.811. The number of piperidine rings is 1. The molecule has 2 aromatic rings. The number of benzene rings is 1. The van der Waals surface area contributed by atoms with Crippen molar-refractivity contribution >= 4 is 6.09 Å². The molecule has 2 unspecified atom stereocenters. The van der Waals surface area contributed by atoms with Crippen molar-refractivity contribution in [1.82, 2.24) is 14.5 Å². The molecule has 1 N–H and O–H groups in total. The first kappa shape index (κ1) is 21.5. The fourth-order valence-electron chi connectivity index (χ4n) is 4.71. The van der Waals surface area contributed by atoms with E-state index in [0.717, 1.165) is 12.8 Å². The highest BCUT2D eigenvalue weighted by Gasteiger charge is 2.54. The summed E-state index contributed by atoms with van der Waals surface area (Å²) in [4.78, 5) is 31.1. The van der Waals surface area contributed by atoms with Gasteiger partial charge in [0.2, 0.25) is 0 Å². The first-order valence-electron chi connectivity index (χ1n) is 10.6. The first-order valence-corrected chi connectivity index (χ1v) is 10.6. The van der Waals surface area contributed by atoms with E-state index in [4.69, 9.17) is 4.74 Å². The van der Waals surface area contributed by atoms with Gasteiger partial charge in [-0.3, -0.25) is 9.36 Å². The Balaban J connectivity index is 1.52. The van der Waals surface area contributed by atoms with Crippen LogP contribution in [-0.4, -0.2) is 49.9 Å². The van der Waals surface area contributed by atoms with Crippen LogP contribution in [0.1, 0.15) is 33.6 Å². The maximum atomic E-state index is 14.0. The lowest BCUT2D eigenvalue weighted by atomic mass is 9.80. The van der Waals surface area contributed by atoms with Gasteiger partial charge in [-0.15, -0.1) is 0 Å². The summed E-state index contributed by atoms with van der Waals surface area (Å²) < 4.78 is 20.9. The van der Waals surface area contributed by atoms with Gasteiger partial charge in [0.1, 0.15) is 11.4 Å². The fourth-order valence-corrected chi connectivity index (χ4v) is 4.71. The number of likely N-dealkylation sites (tertiary alicyclic amines) is 1. The van der Waals surface area contributed by atoms with Crippen molar-refractivity contribution in [1.29, 1.82) is 0 Å².